The molecule has 134 valence electrons. The van der Waals surface area contributed by atoms with Gasteiger partial charge in [-0.2, -0.15) is 0 Å². The topological polar surface area (TPSA) is 71.5 Å². The largest absolute Gasteiger partial charge is 0.378 e. The van der Waals surface area contributed by atoms with Gasteiger partial charge in [0.05, 0.1) is 13.2 Å². The van der Waals surface area contributed by atoms with Crippen molar-refractivity contribution in [2.24, 2.45) is 0 Å². The summed E-state index contributed by atoms with van der Waals surface area (Å²) in [5.41, 5.74) is 2.54. The smallest absolute Gasteiger partial charge is 0.270 e. The zero-order valence-corrected chi connectivity index (χ0v) is 14.6. The molecule has 1 aliphatic heterocycles. The molecular formula is C20H21N3O3. The number of aryl methyl sites for hydroxylation is 1. The van der Waals surface area contributed by atoms with Crippen molar-refractivity contribution in [1.29, 1.82) is 0 Å². The van der Waals surface area contributed by atoms with Crippen molar-refractivity contribution in [3.63, 3.8) is 0 Å². The highest BCUT2D eigenvalue weighted by molar-refractivity contribution is 6.05. The number of aromatic nitrogens is 1. The lowest BCUT2D eigenvalue weighted by atomic mass is 10.1. The molecule has 0 atom stereocenters. The van der Waals surface area contributed by atoms with E-state index in [4.69, 9.17) is 4.74 Å². The Morgan fingerprint density at radius 2 is 1.88 bits per heavy atom. The fraction of sp³-hybridized carbons (Fsp3) is 0.250. The van der Waals surface area contributed by atoms with Gasteiger partial charge in [0, 0.05) is 31.0 Å². The molecule has 2 amide bonds. The van der Waals surface area contributed by atoms with E-state index >= 15 is 0 Å². The normalized spacial score (nSPS) is 14.8. The highest BCUT2D eigenvalue weighted by atomic mass is 16.5. The summed E-state index contributed by atoms with van der Waals surface area (Å²) in [7, 11) is 0. The molecule has 0 radical (unpaired) electrons. The molecule has 1 saturated heterocycles. The number of nitrogens with zero attached hydrogens (tertiary/aromatic N) is 2. The molecular weight excluding hydrogens is 330 g/mol. The first-order valence-electron chi connectivity index (χ1n) is 8.50. The van der Waals surface area contributed by atoms with Gasteiger partial charge in [-0.15, -0.1) is 0 Å². The number of benzene rings is 1. The second-order valence-corrected chi connectivity index (χ2v) is 6.07. The number of pyridine rings is 1. The van der Waals surface area contributed by atoms with Crippen LogP contribution in [0, 0.1) is 6.92 Å². The first kappa shape index (κ1) is 17.8. The minimum atomic E-state index is -0.318. The quantitative estimate of drug-likeness (QED) is 0.856. The Morgan fingerprint density at radius 3 is 2.54 bits per heavy atom. The summed E-state index contributed by atoms with van der Waals surface area (Å²) >= 11 is 0. The van der Waals surface area contributed by atoms with Crippen molar-refractivity contribution in [2.45, 2.75) is 6.92 Å². The van der Waals surface area contributed by atoms with E-state index in [0.29, 0.717) is 31.9 Å². The minimum Gasteiger partial charge on any atom is -0.378 e. The van der Waals surface area contributed by atoms with Gasteiger partial charge in [0.15, 0.2) is 0 Å². The van der Waals surface area contributed by atoms with Gasteiger partial charge in [-0.25, -0.2) is 0 Å². The second kappa shape index (κ2) is 8.40. The number of hydrogen-bond donors (Lipinski definition) is 1. The molecule has 2 heterocycles. The van der Waals surface area contributed by atoms with E-state index in [9.17, 15) is 9.59 Å². The lowest BCUT2D eigenvalue weighted by Gasteiger charge is -2.27. The summed E-state index contributed by atoms with van der Waals surface area (Å²) in [4.78, 5) is 31.2. The third-order valence-corrected chi connectivity index (χ3v) is 4.09. The van der Waals surface area contributed by atoms with Crippen LogP contribution >= 0.6 is 0 Å². The predicted molar refractivity (Wildman–Crippen MR) is 98.3 cm³/mol. The Labute approximate surface area is 152 Å². The Hall–Kier alpha value is -2.99. The monoisotopic (exact) mass is 351 g/mol. The van der Waals surface area contributed by atoms with Crippen molar-refractivity contribution >= 4 is 17.9 Å². The van der Waals surface area contributed by atoms with Crippen LogP contribution in [-0.2, 0) is 9.53 Å². The first-order chi connectivity index (χ1) is 12.6. The summed E-state index contributed by atoms with van der Waals surface area (Å²) in [6.45, 7) is 3.96. The molecule has 1 aromatic carbocycles. The van der Waals surface area contributed by atoms with Crippen LogP contribution in [0.5, 0.6) is 0 Å². The zero-order valence-electron chi connectivity index (χ0n) is 14.6. The van der Waals surface area contributed by atoms with Crippen molar-refractivity contribution in [3.05, 3.63) is 71.2 Å². The number of morpholine rings is 1. The van der Waals surface area contributed by atoms with Crippen LogP contribution in [0.2, 0.25) is 0 Å². The van der Waals surface area contributed by atoms with Crippen LogP contribution in [-0.4, -0.2) is 48.0 Å². The number of hydrogen-bond acceptors (Lipinski definition) is 4. The summed E-state index contributed by atoms with van der Waals surface area (Å²) < 4.78 is 5.30. The number of rotatable bonds is 4. The van der Waals surface area contributed by atoms with E-state index in [0.717, 1.165) is 11.1 Å². The second-order valence-electron chi connectivity index (χ2n) is 6.07. The molecule has 0 spiro atoms. The third-order valence-electron chi connectivity index (χ3n) is 4.09. The summed E-state index contributed by atoms with van der Waals surface area (Å²) in [6.07, 6.45) is 4.95. The molecule has 0 unspecified atom stereocenters. The molecule has 2 aromatic rings. The average Bonchev–Trinajstić information content (AvgIpc) is 2.69. The number of carbonyl (C=O) groups is 2. The molecule has 26 heavy (non-hydrogen) atoms. The maximum absolute atomic E-state index is 12.9. The minimum absolute atomic E-state index is 0.224. The summed E-state index contributed by atoms with van der Waals surface area (Å²) in [5.74, 6) is -0.542. The van der Waals surface area contributed by atoms with Crippen molar-refractivity contribution in [2.75, 3.05) is 26.3 Å². The number of carbonyl (C=O) groups excluding carboxylic acids is 2. The van der Waals surface area contributed by atoms with Crippen LogP contribution < -0.4 is 5.32 Å². The Balaban J connectivity index is 1.84. The molecule has 1 aliphatic rings. The van der Waals surface area contributed by atoms with E-state index in [2.05, 4.69) is 10.3 Å². The Morgan fingerprint density at radius 1 is 1.15 bits per heavy atom. The summed E-state index contributed by atoms with van der Waals surface area (Å²) in [6, 6.07) is 10.8. The summed E-state index contributed by atoms with van der Waals surface area (Å²) in [5, 5.41) is 2.76. The molecule has 1 aromatic heterocycles. The van der Waals surface area contributed by atoms with Crippen LogP contribution in [0.3, 0.4) is 0 Å². The van der Waals surface area contributed by atoms with E-state index < -0.39 is 0 Å². The van der Waals surface area contributed by atoms with E-state index in [1.807, 2.05) is 25.1 Å². The molecule has 3 rings (SSSR count). The van der Waals surface area contributed by atoms with Crippen LogP contribution in [0.4, 0.5) is 0 Å². The van der Waals surface area contributed by atoms with Gasteiger partial charge in [-0.05, 0) is 36.8 Å². The predicted octanol–water partition coefficient (Wildman–Crippen LogP) is 2.02. The van der Waals surface area contributed by atoms with Gasteiger partial charge in [-0.3, -0.25) is 14.6 Å². The van der Waals surface area contributed by atoms with Crippen molar-refractivity contribution in [1.82, 2.24) is 15.2 Å². The number of nitrogens with one attached hydrogen (secondary N) is 1. The van der Waals surface area contributed by atoms with E-state index in [1.165, 1.54) is 0 Å². The van der Waals surface area contributed by atoms with E-state index in [-0.39, 0.29) is 17.5 Å². The van der Waals surface area contributed by atoms with Gasteiger partial charge in [0.2, 0.25) is 0 Å². The van der Waals surface area contributed by atoms with Gasteiger partial charge in [0.1, 0.15) is 5.70 Å². The number of amides is 2. The molecule has 1 N–H and O–H groups in total. The molecule has 0 bridgehead atoms. The van der Waals surface area contributed by atoms with Crippen LogP contribution in [0.25, 0.3) is 6.08 Å². The van der Waals surface area contributed by atoms with Gasteiger partial charge < -0.3 is 15.0 Å². The maximum atomic E-state index is 12.9. The van der Waals surface area contributed by atoms with Crippen LogP contribution in [0.1, 0.15) is 21.5 Å². The lowest BCUT2D eigenvalue weighted by molar-refractivity contribution is -0.131. The molecule has 0 saturated carbocycles. The van der Waals surface area contributed by atoms with Gasteiger partial charge in [-0.1, -0.05) is 23.8 Å². The average molecular weight is 351 g/mol. The zero-order chi connectivity index (χ0) is 18.4. The fourth-order valence-electron chi connectivity index (χ4n) is 2.62. The number of ether oxygens (including phenoxy) is 1. The molecule has 0 aliphatic carbocycles. The lowest BCUT2D eigenvalue weighted by Crippen LogP contribution is -2.44. The molecule has 1 fully saturated rings. The Bertz CT molecular complexity index is 795. The standard InChI is InChI=1S/C20H21N3O3/c1-15-4-6-17(7-5-15)19(24)22-18(13-16-3-2-8-21-14-16)20(25)23-9-11-26-12-10-23/h2-8,13-14H,9-12H2,1H3,(H,22,24). The SMILES string of the molecule is Cc1ccc(C(=O)NC(=Cc2cccnc2)C(=O)N2CCOCC2)cc1. The fourth-order valence-corrected chi connectivity index (χ4v) is 2.62. The maximum Gasteiger partial charge on any atom is 0.270 e. The van der Waals surface area contributed by atoms with Crippen molar-refractivity contribution in [3.8, 4) is 0 Å². The first-order valence-corrected chi connectivity index (χ1v) is 8.50. The van der Waals surface area contributed by atoms with Gasteiger partial charge >= 0.3 is 0 Å². The highest BCUT2D eigenvalue weighted by Gasteiger charge is 2.22. The van der Waals surface area contributed by atoms with Gasteiger partial charge in [0.25, 0.3) is 11.8 Å². The van der Waals surface area contributed by atoms with Crippen LogP contribution in [0.15, 0.2) is 54.5 Å². The molecule has 6 heteroatoms. The highest BCUT2D eigenvalue weighted by Crippen LogP contribution is 2.11. The van der Waals surface area contributed by atoms with E-state index in [1.54, 1.807) is 41.6 Å². The molecule has 6 nitrogen and oxygen atoms in total. The Kier molecular flexibility index (Phi) is 5.76. The third kappa shape index (κ3) is 4.55. The van der Waals surface area contributed by atoms with Crippen molar-refractivity contribution < 1.29 is 14.3 Å².